The van der Waals surface area contributed by atoms with Gasteiger partial charge in [-0.25, -0.2) is 0 Å². The Morgan fingerprint density at radius 1 is 0.967 bits per heavy atom. The summed E-state index contributed by atoms with van der Waals surface area (Å²) >= 11 is 3.45. The molecule has 3 nitrogen and oxygen atoms in total. The highest BCUT2D eigenvalue weighted by Crippen LogP contribution is 2.35. The summed E-state index contributed by atoms with van der Waals surface area (Å²) in [6, 6.07) is 28.3. The lowest BCUT2D eigenvalue weighted by Gasteiger charge is -2.18. The molecule has 0 spiro atoms. The van der Waals surface area contributed by atoms with Crippen molar-refractivity contribution in [2.75, 3.05) is 13.1 Å². The third-order valence-corrected chi connectivity index (χ3v) is 6.32. The van der Waals surface area contributed by atoms with Crippen LogP contribution in [-0.4, -0.2) is 23.8 Å². The number of likely N-dealkylation sites (tertiary alicyclic amines) is 1. The van der Waals surface area contributed by atoms with E-state index in [-0.39, 0.29) is 17.6 Å². The first kappa shape index (κ1) is 20.5. The number of nitriles is 1. The van der Waals surface area contributed by atoms with Crippen LogP contribution in [0.5, 0.6) is 0 Å². The molecule has 0 amide bonds. The van der Waals surface area contributed by atoms with E-state index in [1.165, 1.54) is 5.56 Å². The Bertz CT molecular complexity index is 1060. The highest BCUT2D eigenvalue weighted by Gasteiger charge is 2.38. The van der Waals surface area contributed by atoms with E-state index < -0.39 is 0 Å². The molecular formula is C26H23BrN2O. The van der Waals surface area contributed by atoms with Crippen LogP contribution < -0.4 is 0 Å². The number of hydrogen-bond donors (Lipinski definition) is 0. The van der Waals surface area contributed by atoms with Crippen LogP contribution in [0.3, 0.4) is 0 Å². The molecule has 150 valence electrons. The summed E-state index contributed by atoms with van der Waals surface area (Å²) in [6.07, 6.45) is 0.436. The van der Waals surface area contributed by atoms with Crippen LogP contribution in [0.4, 0.5) is 0 Å². The molecule has 0 bridgehead atoms. The zero-order valence-corrected chi connectivity index (χ0v) is 18.3. The van der Waals surface area contributed by atoms with Crippen LogP contribution in [0.2, 0.25) is 0 Å². The van der Waals surface area contributed by atoms with Crippen molar-refractivity contribution in [2.45, 2.75) is 18.9 Å². The lowest BCUT2D eigenvalue weighted by molar-refractivity contribution is -0.122. The molecule has 0 unspecified atom stereocenters. The van der Waals surface area contributed by atoms with Crippen LogP contribution in [0.1, 0.15) is 28.2 Å². The molecule has 1 saturated heterocycles. The van der Waals surface area contributed by atoms with Crippen LogP contribution >= 0.6 is 15.9 Å². The number of carbonyl (C=O) groups excluding carboxylic acids is 1. The van der Waals surface area contributed by atoms with E-state index in [1.807, 2.05) is 48.5 Å². The van der Waals surface area contributed by atoms with E-state index in [0.717, 1.165) is 35.2 Å². The smallest absolute Gasteiger partial charge is 0.142 e. The van der Waals surface area contributed by atoms with Crippen molar-refractivity contribution in [3.05, 3.63) is 106 Å². The number of nitrogens with zero attached hydrogens (tertiary/aromatic N) is 2. The minimum atomic E-state index is -0.0775. The van der Waals surface area contributed by atoms with Gasteiger partial charge in [0, 0.05) is 42.4 Å². The largest absolute Gasteiger partial charge is 0.299 e. The second kappa shape index (κ2) is 9.38. The highest BCUT2D eigenvalue weighted by molar-refractivity contribution is 9.10. The van der Waals surface area contributed by atoms with Crippen LogP contribution in [-0.2, 0) is 17.8 Å². The second-order valence-electron chi connectivity index (χ2n) is 7.90. The average Bonchev–Trinajstić information content (AvgIpc) is 3.20. The Labute approximate surface area is 186 Å². The van der Waals surface area contributed by atoms with Gasteiger partial charge in [0.25, 0.3) is 0 Å². The van der Waals surface area contributed by atoms with Crippen molar-refractivity contribution in [2.24, 2.45) is 5.92 Å². The molecule has 4 rings (SSSR count). The van der Waals surface area contributed by atoms with E-state index in [9.17, 15) is 10.1 Å². The predicted molar refractivity (Wildman–Crippen MR) is 122 cm³/mol. The van der Waals surface area contributed by atoms with Crippen molar-refractivity contribution in [1.29, 1.82) is 5.26 Å². The van der Waals surface area contributed by atoms with Crippen molar-refractivity contribution in [1.82, 2.24) is 4.90 Å². The van der Waals surface area contributed by atoms with Gasteiger partial charge in [0.1, 0.15) is 5.78 Å². The van der Waals surface area contributed by atoms with Gasteiger partial charge in [-0.1, -0.05) is 70.5 Å². The maximum Gasteiger partial charge on any atom is 0.142 e. The highest BCUT2D eigenvalue weighted by atomic mass is 79.9. The Morgan fingerprint density at radius 2 is 1.73 bits per heavy atom. The number of rotatable bonds is 6. The number of benzene rings is 3. The molecule has 0 saturated carbocycles. The van der Waals surface area contributed by atoms with Gasteiger partial charge in [0.15, 0.2) is 0 Å². The fourth-order valence-electron chi connectivity index (χ4n) is 4.29. The molecule has 0 N–H and O–H groups in total. The molecule has 4 heteroatoms. The minimum Gasteiger partial charge on any atom is -0.299 e. The standard InChI is InChI=1S/C26H23BrN2O/c27-23-11-9-19(10-12-23)14-26(30)25-18-29(16-20-5-2-1-3-6-20)17-24(25)22-8-4-7-21(13-22)15-28/h1-13,24-25H,14,16-18H2/t24-,25+/m0/s1. The lowest BCUT2D eigenvalue weighted by Crippen LogP contribution is -2.25. The molecule has 2 atom stereocenters. The van der Waals surface area contributed by atoms with E-state index in [0.29, 0.717) is 12.0 Å². The first-order valence-corrected chi connectivity index (χ1v) is 10.9. The zero-order chi connectivity index (χ0) is 20.9. The number of halogens is 1. The lowest BCUT2D eigenvalue weighted by atomic mass is 9.84. The Hall–Kier alpha value is -2.74. The summed E-state index contributed by atoms with van der Waals surface area (Å²) in [7, 11) is 0. The van der Waals surface area contributed by atoms with Crippen LogP contribution in [0.15, 0.2) is 83.3 Å². The summed E-state index contributed by atoms with van der Waals surface area (Å²) in [5.74, 6) is 0.288. The summed E-state index contributed by atoms with van der Waals surface area (Å²) in [6.45, 7) is 2.39. The van der Waals surface area contributed by atoms with Gasteiger partial charge in [-0.15, -0.1) is 0 Å². The SMILES string of the molecule is N#Cc1cccc([C@@H]2CN(Cc3ccccc3)C[C@H]2C(=O)Cc2ccc(Br)cc2)c1. The molecule has 0 aromatic heterocycles. The van der Waals surface area contributed by atoms with Gasteiger partial charge < -0.3 is 0 Å². The van der Waals surface area contributed by atoms with E-state index in [2.05, 4.69) is 57.2 Å². The van der Waals surface area contributed by atoms with Crippen molar-refractivity contribution in [3.63, 3.8) is 0 Å². The maximum absolute atomic E-state index is 13.3. The quantitative estimate of drug-likeness (QED) is 0.499. The summed E-state index contributed by atoms with van der Waals surface area (Å²) in [5.41, 5.74) is 4.02. The molecule has 1 fully saturated rings. The van der Waals surface area contributed by atoms with Gasteiger partial charge in [-0.05, 0) is 41.0 Å². The monoisotopic (exact) mass is 458 g/mol. The topological polar surface area (TPSA) is 44.1 Å². The number of carbonyl (C=O) groups is 1. The number of hydrogen-bond acceptors (Lipinski definition) is 3. The second-order valence-corrected chi connectivity index (χ2v) is 8.82. The Kier molecular flexibility index (Phi) is 6.42. The molecule has 0 radical (unpaired) electrons. The molecule has 30 heavy (non-hydrogen) atoms. The van der Waals surface area contributed by atoms with Crippen molar-refractivity contribution >= 4 is 21.7 Å². The van der Waals surface area contributed by atoms with E-state index in [4.69, 9.17) is 0 Å². The summed E-state index contributed by atoms with van der Waals surface area (Å²) in [5, 5.41) is 9.31. The molecule has 1 aliphatic rings. The average molecular weight is 459 g/mol. The van der Waals surface area contributed by atoms with Gasteiger partial charge >= 0.3 is 0 Å². The predicted octanol–water partition coefficient (Wildman–Crippen LogP) is 5.35. The summed E-state index contributed by atoms with van der Waals surface area (Å²) in [4.78, 5) is 15.7. The zero-order valence-electron chi connectivity index (χ0n) is 16.7. The van der Waals surface area contributed by atoms with Gasteiger partial charge in [0.05, 0.1) is 11.6 Å². The van der Waals surface area contributed by atoms with Gasteiger partial charge in [0.2, 0.25) is 0 Å². The molecule has 1 aliphatic heterocycles. The Morgan fingerprint density at radius 3 is 2.47 bits per heavy atom. The molecule has 3 aromatic rings. The number of ketones is 1. The Balaban J connectivity index is 1.57. The van der Waals surface area contributed by atoms with E-state index in [1.54, 1.807) is 0 Å². The first-order chi connectivity index (χ1) is 14.6. The third-order valence-electron chi connectivity index (χ3n) is 5.79. The maximum atomic E-state index is 13.3. The molecule has 1 heterocycles. The molecule has 3 aromatic carbocycles. The number of Topliss-reactive ketones (excluding diaryl/α,β-unsaturated/α-hetero) is 1. The van der Waals surface area contributed by atoms with Crippen molar-refractivity contribution in [3.8, 4) is 6.07 Å². The normalized spacial score (nSPS) is 18.8. The minimum absolute atomic E-state index is 0.0775. The molecular weight excluding hydrogens is 436 g/mol. The van der Waals surface area contributed by atoms with Crippen molar-refractivity contribution < 1.29 is 4.79 Å². The molecule has 0 aliphatic carbocycles. The fourth-order valence-corrected chi connectivity index (χ4v) is 4.56. The summed E-state index contributed by atoms with van der Waals surface area (Å²) < 4.78 is 1.01. The van der Waals surface area contributed by atoms with E-state index >= 15 is 0 Å². The fraction of sp³-hybridized carbons (Fsp3) is 0.231. The third kappa shape index (κ3) is 4.87. The van der Waals surface area contributed by atoms with Gasteiger partial charge in [-0.2, -0.15) is 5.26 Å². The van der Waals surface area contributed by atoms with Crippen LogP contribution in [0, 0.1) is 17.2 Å². The first-order valence-electron chi connectivity index (χ1n) is 10.2. The van der Waals surface area contributed by atoms with Crippen LogP contribution in [0.25, 0.3) is 0 Å². The van der Waals surface area contributed by atoms with Gasteiger partial charge in [-0.3, -0.25) is 9.69 Å².